The van der Waals surface area contributed by atoms with E-state index < -0.39 is 11.9 Å². The van der Waals surface area contributed by atoms with Crippen LogP contribution in [0.2, 0.25) is 0 Å². The maximum absolute atomic E-state index is 9.41. The van der Waals surface area contributed by atoms with Gasteiger partial charge in [-0.25, -0.2) is 0 Å². The first-order chi connectivity index (χ1) is 3.63. The second-order valence-electron chi connectivity index (χ2n) is 0.971. The fourth-order valence-corrected chi connectivity index (χ4v) is 0.136. The Hall–Kier alpha value is -0.521. The summed E-state index contributed by atoms with van der Waals surface area (Å²) in [5.74, 6) is -3.09. The fourth-order valence-electron chi connectivity index (χ4n) is 0.136. The second-order valence-corrected chi connectivity index (χ2v) is 0.971. The van der Waals surface area contributed by atoms with Crippen molar-refractivity contribution in [3.63, 3.8) is 0 Å². The molecule has 0 fully saturated rings. The summed E-state index contributed by atoms with van der Waals surface area (Å²) in [5.41, 5.74) is 0. The molecule has 0 aromatic rings. The van der Waals surface area contributed by atoms with Gasteiger partial charge < -0.3 is 19.8 Å². The molecule has 0 N–H and O–H groups in total. The van der Waals surface area contributed by atoms with E-state index >= 15 is 0 Å². The topological polar surface area (TPSA) is 80.3 Å². The van der Waals surface area contributed by atoms with E-state index in [0.29, 0.717) is 12.2 Å². The zero-order chi connectivity index (χ0) is 6.57. The Kier molecular flexibility index (Phi) is 7.05. The standard InChI is InChI=1S/C4H4O4.Sn.2H/c5-3(6)1-2-4(7)8;;;/h1-2H,(H,5,6)(H,7,8);;;/q;+2;;/p-2/b2-1-;;;. The molecular weight excluding hydrogens is 231 g/mol. The van der Waals surface area contributed by atoms with Crippen LogP contribution in [0.15, 0.2) is 12.2 Å². The van der Waals surface area contributed by atoms with Gasteiger partial charge >= 0.3 is 23.9 Å². The minimum atomic E-state index is -1.55. The molecule has 0 saturated carbocycles. The molecule has 5 heteroatoms. The van der Waals surface area contributed by atoms with Crippen molar-refractivity contribution < 1.29 is 19.8 Å². The van der Waals surface area contributed by atoms with Crippen molar-refractivity contribution in [1.82, 2.24) is 0 Å². The summed E-state index contributed by atoms with van der Waals surface area (Å²) in [6, 6.07) is 0. The number of hydrogen-bond donors (Lipinski definition) is 0. The van der Waals surface area contributed by atoms with E-state index in [9.17, 15) is 19.8 Å². The first kappa shape index (κ1) is 11.3. The molecule has 4 nitrogen and oxygen atoms in total. The van der Waals surface area contributed by atoms with Crippen molar-refractivity contribution in [2.45, 2.75) is 0 Å². The fraction of sp³-hybridized carbons (Fsp3) is 0. The third kappa shape index (κ3) is 11.2. The van der Waals surface area contributed by atoms with Crippen LogP contribution in [0.3, 0.4) is 0 Å². The molecule has 0 heterocycles. The van der Waals surface area contributed by atoms with E-state index in [-0.39, 0.29) is 23.9 Å². The van der Waals surface area contributed by atoms with Crippen LogP contribution in [0, 0.1) is 0 Å². The van der Waals surface area contributed by atoms with Crippen molar-refractivity contribution in [3.05, 3.63) is 12.2 Å². The Labute approximate surface area is 68.1 Å². The molecule has 48 valence electrons. The Balaban J connectivity index is 0. The van der Waals surface area contributed by atoms with Crippen LogP contribution in [0.5, 0.6) is 0 Å². The van der Waals surface area contributed by atoms with E-state index in [0.717, 1.165) is 0 Å². The number of carbonyl (C=O) groups is 2. The van der Waals surface area contributed by atoms with Crippen LogP contribution in [0.4, 0.5) is 0 Å². The summed E-state index contributed by atoms with van der Waals surface area (Å²) in [6.07, 6.45) is 0.769. The zero-order valence-electron chi connectivity index (χ0n) is 4.49. The molecule has 0 aromatic heterocycles. The first-order valence-electron chi connectivity index (χ1n) is 1.73. The molecule has 0 bridgehead atoms. The molecule has 9 heavy (non-hydrogen) atoms. The van der Waals surface area contributed by atoms with Gasteiger partial charge in [0.05, 0.1) is 11.9 Å². The van der Waals surface area contributed by atoms with E-state index in [4.69, 9.17) is 0 Å². The van der Waals surface area contributed by atoms with Crippen LogP contribution in [-0.4, -0.2) is 35.8 Å². The molecule has 0 aliphatic carbocycles. The van der Waals surface area contributed by atoms with E-state index in [1.807, 2.05) is 0 Å². The normalized spacial score (nSPS) is 8.44. The van der Waals surface area contributed by atoms with Gasteiger partial charge in [0, 0.05) is 0 Å². The van der Waals surface area contributed by atoms with E-state index in [1.165, 1.54) is 0 Å². The summed E-state index contributed by atoms with van der Waals surface area (Å²) in [5, 5.41) is 18.8. The average Bonchev–Trinajstić information content (AvgIpc) is 1.61. The van der Waals surface area contributed by atoms with Gasteiger partial charge in [-0.05, 0) is 12.2 Å². The van der Waals surface area contributed by atoms with Gasteiger partial charge in [-0.3, -0.25) is 0 Å². The van der Waals surface area contributed by atoms with Crippen molar-refractivity contribution in [2.24, 2.45) is 0 Å². The summed E-state index contributed by atoms with van der Waals surface area (Å²) in [6.45, 7) is 0. The van der Waals surface area contributed by atoms with Gasteiger partial charge in [0.2, 0.25) is 0 Å². The van der Waals surface area contributed by atoms with Crippen LogP contribution in [0.25, 0.3) is 0 Å². The molecule has 0 saturated heterocycles. The zero-order valence-corrected chi connectivity index (χ0v) is 8.53. The summed E-state index contributed by atoms with van der Waals surface area (Å²) in [4.78, 5) is 18.8. The molecule has 0 aromatic carbocycles. The van der Waals surface area contributed by atoms with Crippen molar-refractivity contribution in [1.29, 1.82) is 0 Å². The van der Waals surface area contributed by atoms with Gasteiger partial charge in [0.1, 0.15) is 0 Å². The van der Waals surface area contributed by atoms with Gasteiger partial charge in [0.15, 0.2) is 0 Å². The number of rotatable bonds is 2. The molecular formula is C4H4O4Sn. The van der Waals surface area contributed by atoms with Gasteiger partial charge in [0.25, 0.3) is 0 Å². The molecule has 0 aliphatic heterocycles. The van der Waals surface area contributed by atoms with E-state index in [1.54, 1.807) is 0 Å². The average molecular weight is 235 g/mol. The molecule has 0 rings (SSSR count). The van der Waals surface area contributed by atoms with Gasteiger partial charge in [-0.15, -0.1) is 0 Å². The van der Waals surface area contributed by atoms with E-state index in [2.05, 4.69) is 0 Å². The van der Waals surface area contributed by atoms with Crippen LogP contribution in [-0.2, 0) is 9.59 Å². The van der Waals surface area contributed by atoms with Crippen molar-refractivity contribution in [3.8, 4) is 0 Å². The first-order valence-corrected chi connectivity index (χ1v) is 1.73. The summed E-state index contributed by atoms with van der Waals surface area (Å²) < 4.78 is 0. The Morgan fingerprint density at radius 2 is 1.22 bits per heavy atom. The third-order valence-corrected chi connectivity index (χ3v) is 0.355. The quantitative estimate of drug-likeness (QED) is 0.362. The number of carbonyl (C=O) groups excluding carboxylic acids is 2. The van der Waals surface area contributed by atoms with Gasteiger partial charge in [-0.2, -0.15) is 0 Å². The summed E-state index contributed by atoms with van der Waals surface area (Å²) >= 11 is 0. The second kappa shape index (κ2) is 5.61. The molecule has 0 amide bonds. The molecule has 0 atom stereocenters. The predicted octanol–water partition coefficient (Wildman–Crippen LogP) is -3.87. The van der Waals surface area contributed by atoms with Crippen molar-refractivity contribution >= 4 is 35.8 Å². The SMILES string of the molecule is O=C([O-])/C=C\C(=O)[O-].[SnH2+2]. The number of aliphatic carboxylic acids is 2. The minimum absolute atomic E-state index is 0. The Bertz CT molecular complexity index is 124. The number of hydrogen-bond acceptors (Lipinski definition) is 4. The molecule has 0 radical (unpaired) electrons. The number of carboxylic acid groups (broad SMARTS) is 2. The van der Waals surface area contributed by atoms with Crippen molar-refractivity contribution in [2.75, 3.05) is 0 Å². The molecule has 0 unspecified atom stereocenters. The van der Waals surface area contributed by atoms with Crippen LogP contribution in [0.1, 0.15) is 0 Å². The van der Waals surface area contributed by atoms with Crippen LogP contribution < -0.4 is 10.2 Å². The molecule has 0 aliphatic rings. The maximum atomic E-state index is 9.41. The van der Waals surface area contributed by atoms with Gasteiger partial charge in [-0.1, -0.05) is 0 Å². The third-order valence-electron chi connectivity index (χ3n) is 0.355. The Morgan fingerprint density at radius 1 is 1.00 bits per heavy atom. The predicted molar refractivity (Wildman–Crippen MR) is 27.7 cm³/mol. The molecule has 0 spiro atoms. The monoisotopic (exact) mass is 236 g/mol. The summed E-state index contributed by atoms with van der Waals surface area (Å²) in [7, 11) is 0. The van der Waals surface area contributed by atoms with Crippen LogP contribution >= 0.6 is 0 Å². The Morgan fingerprint density at radius 3 is 1.33 bits per heavy atom. The number of carboxylic acids is 2.